The molecular formula is C26H29N3O2. The lowest BCUT2D eigenvalue weighted by Gasteiger charge is -2.20. The highest BCUT2D eigenvalue weighted by molar-refractivity contribution is 5.89. The smallest absolute Gasteiger partial charge is 0.311 e. The molecule has 2 aromatic carbocycles. The molecule has 0 spiro atoms. The number of aryl methyl sites for hydroxylation is 1. The first-order valence-corrected chi connectivity index (χ1v) is 10.8. The maximum atomic E-state index is 12.3. The van der Waals surface area contributed by atoms with Gasteiger partial charge < -0.3 is 5.11 Å². The summed E-state index contributed by atoms with van der Waals surface area (Å²) in [6, 6.07) is 16.5. The van der Waals surface area contributed by atoms with E-state index in [-0.39, 0.29) is 5.41 Å². The minimum atomic E-state index is -0.823. The van der Waals surface area contributed by atoms with Gasteiger partial charge in [0.1, 0.15) is 0 Å². The van der Waals surface area contributed by atoms with Gasteiger partial charge >= 0.3 is 5.97 Å². The maximum Gasteiger partial charge on any atom is 0.311 e. The van der Waals surface area contributed by atoms with E-state index in [4.69, 9.17) is 10.1 Å². The lowest BCUT2D eigenvalue weighted by Crippen LogP contribution is -2.17. The number of carbonyl (C=O) groups is 1. The second kappa shape index (κ2) is 7.80. The summed E-state index contributed by atoms with van der Waals surface area (Å²) in [4.78, 5) is 17.1. The first-order valence-electron chi connectivity index (χ1n) is 10.8. The topological polar surface area (TPSA) is 67.5 Å². The molecule has 0 saturated heterocycles. The number of hydrogen-bond acceptors (Lipinski definition) is 3. The molecule has 0 radical (unpaired) electrons. The van der Waals surface area contributed by atoms with Crippen molar-refractivity contribution >= 4 is 22.4 Å². The third kappa shape index (κ3) is 3.80. The summed E-state index contributed by atoms with van der Waals surface area (Å²) in [5.41, 5.74) is 4.81. The van der Waals surface area contributed by atoms with Gasteiger partial charge in [0.2, 0.25) is 0 Å². The molecule has 0 saturated carbocycles. The molecule has 2 aromatic heterocycles. The standard InChI is InChI=1S/C26H29N3O2/c1-6-9-20(25(30)31)23-16(2)27-22-15-21(26(3,4)5)28-29(22)24(23)19-13-12-17-10-7-8-11-18(17)14-19/h7-8,10-15,20H,6,9H2,1-5H3,(H,30,31). The van der Waals surface area contributed by atoms with Crippen LogP contribution in [0.1, 0.15) is 63.4 Å². The van der Waals surface area contributed by atoms with Crippen LogP contribution in [-0.4, -0.2) is 25.7 Å². The number of aliphatic carboxylic acids is 1. The fourth-order valence-corrected chi connectivity index (χ4v) is 4.21. The molecule has 0 fully saturated rings. The predicted octanol–water partition coefficient (Wildman–Crippen LogP) is 6.12. The Morgan fingerprint density at radius 3 is 2.45 bits per heavy atom. The van der Waals surface area contributed by atoms with Gasteiger partial charge in [-0.2, -0.15) is 5.10 Å². The molecule has 31 heavy (non-hydrogen) atoms. The number of carboxylic acid groups (broad SMARTS) is 1. The van der Waals surface area contributed by atoms with Crippen molar-refractivity contribution in [1.29, 1.82) is 0 Å². The van der Waals surface area contributed by atoms with Gasteiger partial charge in [0.05, 0.1) is 17.3 Å². The molecule has 1 N–H and O–H groups in total. The maximum absolute atomic E-state index is 12.3. The van der Waals surface area contributed by atoms with Gasteiger partial charge in [0.25, 0.3) is 0 Å². The lowest BCUT2D eigenvalue weighted by molar-refractivity contribution is -0.139. The number of hydrogen-bond donors (Lipinski definition) is 1. The average Bonchev–Trinajstić information content (AvgIpc) is 3.15. The second-order valence-corrected chi connectivity index (χ2v) is 9.25. The van der Waals surface area contributed by atoms with Crippen LogP contribution in [0.3, 0.4) is 0 Å². The van der Waals surface area contributed by atoms with Crippen molar-refractivity contribution in [3.05, 3.63) is 65.5 Å². The highest BCUT2D eigenvalue weighted by Gasteiger charge is 2.29. The number of aromatic nitrogens is 3. The van der Waals surface area contributed by atoms with Gasteiger partial charge in [-0.05, 0) is 30.2 Å². The first-order chi connectivity index (χ1) is 14.7. The monoisotopic (exact) mass is 415 g/mol. The number of nitrogens with zero attached hydrogens (tertiary/aromatic N) is 3. The average molecular weight is 416 g/mol. The Bertz CT molecular complexity index is 1280. The molecular weight excluding hydrogens is 386 g/mol. The van der Waals surface area contributed by atoms with E-state index in [0.29, 0.717) is 6.42 Å². The molecule has 0 bridgehead atoms. The molecule has 5 heteroatoms. The van der Waals surface area contributed by atoms with Gasteiger partial charge in [-0.3, -0.25) is 4.79 Å². The molecule has 5 nitrogen and oxygen atoms in total. The van der Waals surface area contributed by atoms with E-state index in [9.17, 15) is 9.90 Å². The van der Waals surface area contributed by atoms with E-state index < -0.39 is 11.9 Å². The Morgan fingerprint density at radius 1 is 1.10 bits per heavy atom. The van der Waals surface area contributed by atoms with Crippen LogP contribution >= 0.6 is 0 Å². The van der Waals surface area contributed by atoms with Crippen molar-refractivity contribution < 1.29 is 9.90 Å². The zero-order chi connectivity index (χ0) is 22.3. The highest BCUT2D eigenvalue weighted by atomic mass is 16.4. The Hall–Kier alpha value is -3.21. The van der Waals surface area contributed by atoms with Gasteiger partial charge in [0.15, 0.2) is 5.65 Å². The summed E-state index contributed by atoms with van der Waals surface area (Å²) in [6.07, 6.45) is 1.33. The molecule has 1 atom stereocenters. The van der Waals surface area contributed by atoms with E-state index >= 15 is 0 Å². The van der Waals surface area contributed by atoms with E-state index in [1.807, 2.05) is 36.6 Å². The molecule has 2 heterocycles. The minimum absolute atomic E-state index is 0.141. The zero-order valence-electron chi connectivity index (χ0n) is 18.8. The summed E-state index contributed by atoms with van der Waals surface area (Å²) in [7, 11) is 0. The minimum Gasteiger partial charge on any atom is -0.481 e. The summed E-state index contributed by atoms with van der Waals surface area (Å²) in [6.45, 7) is 10.3. The number of carboxylic acids is 1. The fourth-order valence-electron chi connectivity index (χ4n) is 4.21. The van der Waals surface area contributed by atoms with Crippen LogP contribution in [0, 0.1) is 6.92 Å². The van der Waals surface area contributed by atoms with Crippen molar-refractivity contribution in [3.8, 4) is 11.3 Å². The van der Waals surface area contributed by atoms with E-state index in [2.05, 4.69) is 51.1 Å². The van der Waals surface area contributed by atoms with Crippen LogP contribution < -0.4 is 0 Å². The summed E-state index contributed by atoms with van der Waals surface area (Å²) in [5.74, 6) is -1.46. The normalized spacial score (nSPS) is 13.1. The van der Waals surface area contributed by atoms with Crippen LogP contribution in [0.25, 0.3) is 27.7 Å². The summed E-state index contributed by atoms with van der Waals surface area (Å²) >= 11 is 0. The fraction of sp³-hybridized carbons (Fsp3) is 0.346. The number of fused-ring (bicyclic) bond motifs is 2. The zero-order valence-corrected chi connectivity index (χ0v) is 18.8. The van der Waals surface area contributed by atoms with Crippen molar-refractivity contribution in [3.63, 3.8) is 0 Å². The summed E-state index contributed by atoms with van der Waals surface area (Å²) in [5, 5.41) is 17.2. The van der Waals surface area contributed by atoms with Crippen LogP contribution in [0.15, 0.2) is 48.5 Å². The van der Waals surface area contributed by atoms with E-state index in [1.54, 1.807) is 0 Å². The Kier molecular flexibility index (Phi) is 5.29. The van der Waals surface area contributed by atoms with Gasteiger partial charge in [0, 0.05) is 28.3 Å². The van der Waals surface area contributed by atoms with Gasteiger partial charge in [-0.25, -0.2) is 9.50 Å². The predicted molar refractivity (Wildman–Crippen MR) is 125 cm³/mol. The van der Waals surface area contributed by atoms with Crippen molar-refractivity contribution in [2.24, 2.45) is 0 Å². The molecule has 4 rings (SSSR count). The molecule has 4 aromatic rings. The SMILES string of the molecule is CCCC(C(=O)O)c1c(C)nc2cc(C(C)(C)C)nn2c1-c1ccc2ccccc2c1. The Labute approximate surface area is 182 Å². The van der Waals surface area contributed by atoms with E-state index in [1.165, 1.54) is 0 Å². The van der Waals surface area contributed by atoms with Gasteiger partial charge in [-0.15, -0.1) is 0 Å². The molecule has 0 aliphatic carbocycles. The van der Waals surface area contributed by atoms with Crippen LogP contribution in [0.2, 0.25) is 0 Å². The number of rotatable bonds is 5. The Morgan fingerprint density at radius 2 is 1.81 bits per heavy atom. The summed E-state index contributed by atoms with van der Waals surface area (Å²) < 4.78 is 1.85. The third-order valence-electron chi connectivity index (χ3n) is 5.84. The number of benzene rings is 2. The van der Waals surface area contributed by atoms with Crippen molar-refractivity contribution in [2.45, 2.75) is 58.8 Å². The molecule has 0 aliphatic heterocycles. The van der Waals surface area contributed by atoms with Crippen molar-refractivity contribution in [1.82, 2.24) is 14.6 Å². The van der Waals surface area contributed by atoms with Crippen molar-refractivity contribution in [2.75, 3.05) is 0 Å². The molecule has 1 unspecified atom stereocenters. The quantitative estimate of drug-likeness (QED) is 0.426. The lowest BCUT2D eigenvalue weighted by atomic mass is 9.89. The Balaban J connectivity index is 2.10. The van der Waals surface area contributed by atoms with E-state index in [0.717, 1.165) is 51.0 Å². The van der Waals surface area contributed by atoms with Crippen LogP contribution in [0.5, 0.6) is 0 Å². The first kappa shape index (κ1) is 21.0. The highest BCUT2D eigenvalue weighted by Crippen LogP contribution is 2.36. The second-order valence-electron chi connectivity index (χ2n) is 9.25. The third-order valence-corrected chi connectivity index (χ3v) is 5.84. The molecule has 160 valence electrons. The van der Waals surface area contributed by atoms with Crippen LogP contribution in [-0.2, 0) is 10.2 Å². The van der Waals surface area contributed by atoms with Crippen LogP contribution in [0.4, 0.5) is 0 Å². The largest absolute Gasteiger partial charge is 0.481 e. The molecule has 0 aliphatic rings. The van der Waals surface area contributed by atoms with Gasteiger partial charge in [-0.1, -0.05) is 70.5 Å². The molecule has 0 amide bonds.